The van der Waals surface area contributed by atoms with Crippen molar-refractivity contribution in [2.45, 2.75) is 18.6 Å². The zero-order chi connectivity index (χ0) is 26.4. The van der Waals surface area contributed by atoms with Crippen LogP contribution < -0.4 is 29.9 Å². The summed E-state index contributed by atoms with van der Waals surface area (Å²) in [6.07, 6.45) is 3.17. The molecular weight excluding hydrogens is 495 g/mol. The fourth-order valence-corrected chi connectivity index (χ4v) is 4.01. The third-order valence-corrected chi connectivity index (χ3v) is 5.84. The average molecular weight is 523 g/mol. The summed E-state index contributed by atoms with van der Waals surface area (Å²) in [5.74, 6) is -0.320. The fourth-order valence-electron chi connectivity index (χ4n) is 3.69. The SMILES string of the molecule is C=CC(=O)NC1COCC1Nc1ncc(CN(C=O)c2c(F)c(OC)cc(OC)c2Cl)c(N(C)C)n1. The van der Waals surface area contributed by atoms with Crippen LogP contribution in [0.25, 0.3) is 0 Å². The molecule has 2 aromatic rings. The van der Waals surface area contributed by atoms with E-state index in [9.17, 15) is 9.59 Å². The number of halogens is 2. The zero-order valence-corrected chi connectivity index (χ0v) is 21.1. The van der Waals surface area contributed by atoms with Crippen LogP contribution in [0.2, 0.25) is 5.02 Å². The standard InChI is InChI=1S/C23H28ClFN6O5/c1-6-18(33)27-14-10-36-11-15(14)28-23-26-8-13(22(29-23)30(2)3)9-31(12-32)21-19(24)16(34-4)7-17(35-5)20(21)25/h6-8,12,14-15H,1,9-11H2,2-5H3,(H,27,33)(H,26,28,29). The summed E-state index contributed by atoms with van der Waals surface area (Å²) in [4.78, 5) is 35.5. The first-order valence-corrected chi connectivity index (χ1v) is 11.2. The second-order valence-corrected chi connectivity index (χ2v) is 8.41. The van der Waals surface area contributed by atoms with Crippen LogP contribution in [0.15, 0.2) is 24.9 Å². The largest absolute Gasteiger partial charge is 0.495 e. The highest BCUT2D eigenvalue weighted by Crippen LogP contribution is 2.42. The predicted molar refractivity (Wildman–Crippen MR) is 133 cm³/mol. The number of carbonyl (C=O) groups excluding carboxylic acids is 2. The number of amides is 2. The number of carbonyl (C=O) groups is 2. The van der Waals surface area contributed by atoms with Crippen molar-refractivity contribution in [3.8, 4) is 11.5 Å². The number of anilines is 3. The molecule has 2 atom stereocenters. The van der Waals surface area contributed by atoms with Gasteiger partial charge < -0.3 is 34.6 Å². The molecule has 1 aromatic heterocycles. The number of nitrogens with zero attached hydrogens (tertiary/aromatic N) is 4. The predicted octanol–water partition coefficient (Wildman–Crippen LogP) is 2.00. The number of hydrogen-bond donors (Lipinski definition) is 2. The molecule has 1 aliphatic heterocycles. The molecule has 194 valence electrons. The Hall–Kier alpha value is -3.64. The summed E-state index contributed by atoms with van der Waals surface area (Å²) in [6.45, 7) is 4.05. The normalized spacial score (nSPS) is 16.7. The molecule has 2 unspecified atom stereocenters. The summed E-state index contributed by atoms with van der Waals surface area (Å²) in [5.41, 5.74) is 0.327. The van der Waals surface area contributed by atoms with Gasteiger partial charge in [0.15, 0.2) is 11.6 Å². The van der Waals surface area contributed by atoms with Crippen molar-refractivity contribution >= 4 is 41.4 Å². The van der Waals surface area contributed by atoms with E-state index in [1.54, 1.807) is 19.0 Å². The second kappa shape index (κ2) is 11.9. The maximum absolute atomic E-state index is 15.1. The molecule has 0 aliphatic carbocycles. The summed E-state index contributed by atoms with van der Waals surface area (Å²) in [5, 5.41) is 5.89. The second-order valence-electron chi connectivity index (χ2n) is 8.04. The summed E-state index contributed by atoms with van der Waals surface area (Å²) < 4.78 is 30.9. The number of rotatable bonds is 11. The van der Waals surface area contributed by atoms with Gasteiger partial charge in [0.25, 0.3) is 0 Å². The van der Waals surface area contributed by atoms with Crippen molar-refractivity contribution in [2.24, 2.45) is 0 Å². The van der Waals surface area contributed by atoms with Crippen molar-refractivity contribution in [1.82, 2.24) is 15.3 Å². The highest BCUT2D eigenvalue weighted by Gasteiger charge is 2.30. The van der Waals surface area contributed by atoms with Crippen LogP contribution in [-0.2, 0) is 20.9 Å². The zero-order valence-electron chi connectivity index (χ0n) is 20.4. The molecule has 2 N–H and O–H groups in total. The van der Waals surface area contributed by atoms with E-state index in [1.807, 2.05) is 0 Å². The molecule has 0 saturated carbocycles. The van der Waals surface area contributed by atoms with Crippen LogP contribution >= 0.6 is 11.6 Å². The minimum Gasteiger partial charge on any atom is -0.495 e. The van der Waals surface area contributed by atoms with Gasteiger partial charge >= 0.3 is 0 Å². The summed E-state index contributed by atoms with van der Waals surface area (Å²) >= 11 is 6.34. The van der Waals surface area contributed by atoms with Crippen LogP contribution in [-0.4, -0.2) is 75.9 Å². The molecule has 1 aliphatic rings. The van der Waals surface area contributed by atoms with Gasteiger partial charge in [-0.25, -0.2) is 9.37 Å². The molecule has 2 amide bonds. The molecule has 0 bridgehead atoms. The Morgan fingerprint density at radius 2 is 2.00 bits per heavy atom. The number of hydrogen-bond acceptors (Lipinski definition) is 9. The van der Waals surface area contributed by atoms with Crippen molar-refractivity contribution < 1.29 is 28.2 Å². The van der Waals surface area contributed by atoms with Gasteiger partial charge in [-0.2, -0.15) is 4.98 Å². The minimum atomic E-state index is -0.810. The fraction of sp³-hybridized carbons (Fsp3) is 0.391. The summed E-state index contributed by atoms with van der Waals surface area (Å²) in [6, 6.07) is 0.745. The lowest BCUT2D eigenvalue weighted by Gasteiger charge is -2.25. The van der Waals surface area contributed by atoms with E-state index >= 15 is 4.39 Å². The highest BCUT2D eigenvalue weighted by molar-refractivity contribution is 6.35. The molecule has 3 rings (SSSR count). The third-order valence-electron chi connectivity index (χ3n) is 5.48. The number of methoxy groups -OCH3 is 2. The van der Waals surface area contributed by atoms with Crippen molar-refractivity contribution in [1.29, 1.82) is 0 Å². The maximum Gasteiger partial charge on any atom is 0.243 e. The van der Waals surface area contributed by atoms with Crippen LogP contribution in [0.3, 0.4) is 0 Å². The van der Waals surface area contributed by atoms with Gasteiger partial charge in [-0.05, 0) is 6.08 Å². The molecule has 36 heavy (non-hydrogen) atoms. The van der Waals surface area contributed by atoms with Gasteiger partial charge in [0.1, 0.15) is 22.3 Å². The van der Waals surface area contributed by atoms with Crippen LogP contribution in [0, 0.1) is 5.82 Å². The molecule has 0 spiro atoms. The Bertz CT molecular complexity index is 1110. The Morgan fingerprint density at radius 1 is 1.31 bits per heavy atom. The Labute approximate surface area is 213 Å². The molecule has 1 aromatic carbocycles. The smallest absolute Gasteiger partial charge is 0.243 e. The molecule has 11 nitrogen and oxygen atoms in total. The Morgan fingerprint density at radius 3 is 2.61 bits per heavy atom. The van der Waals surface area contributed by atoms with Gasteiger partial charge in [-0.1, -0.05) is 18.2 Å². The number of nitrogens with one attached hydrogen (secondary N) is 2. The number of ether oxygens (including phenoxy) is 3. The monoisotopic (exact) mass is 522 g/mol. The van der Waals surface area contributed by atoms with Crippen molar-refractivity contribution in [2.75, 3.05) is 56.6 Å². The highest BCUT2D eigenvalue weighted by atomic mass is 35.5. The van der Waals surface area contributed by atoms with E-state index in [2.05, 4.69) is 27.2 Å². The first-order chi connectivity index (χ1) is 17.2. The van der Waals surface area contributed by atoms with E-state index in [-0.39, 0.29) is 46.7 Å². The molecule has 1 saturated heterocycles. The van der Waals surface area contributed by atoms with Gasteiger partial charge in [-0.3, -0.25) is 9.59 Å². The van der Waals surface area contributed by atoms with E-state index in [1.165, 1.54) is 32.6 Å². The third kappa shape index (κ3) is 5.77. The lowest BCUT2D eigenvalue weighted by molar-refractivity contribution is -0.117. The maximum atomic E-state index is 15.1. The van der Waals surface area contributed by atoms with Gasteiger partial charge in [0.2, 0.25) is 18.3 Å². The topological polar surface area (TPSA) is 118 Å². The molecule has 0 radical (unpaired) electrons. The number of aromatic nitrogens is 2. The Kier molecular flexibility index (Phi) is 8.88. The van der Waals surface area contributed by atoms with E-state index in [0.29, 0.717) is 37.0 Å². The van der Waals surface area contributed by atoms with E-state index in [0.717, 1.165) is 4.90 Å². The first kappa shape index (κ1) is 27.0. The van der Waals surface area contributed by atoms with Crippen LogP contribution in [0.5, 0.6) is 11.5 Å². The molecule has 1 fully saturated rings. The van der Waals surface area contributed by atoms with Crippen molar-refractivity contribution in [3.63, 3.8) is 0 Å². The molecule has 13 heteroatoms. The Balaban J connectivity index is 1.90. The van der Waals surface area contributed by atoms with Gasteiger partial charge in [0.05, 0.1) is 46.1 Å². The quantitative estimate of drug-likeness (QED) is 0.337. The molecular formula is C23H28ClFN6O5. The van der Waals surface area contributed by atoms with E-state index < -0.39 is 5.82 Å². The lowest BCUT2D eigenvalue weighted by Crippen LogP contribution is -2.45. The average Bonchev–Trinajstić information content (AvgIpc) is 3.30. The van der Waals surface area contributed by atoms with E-state index in [4.69, 9.17) is 25.8 Å². The van der Waals surface area contributed by atoms with Gasteiger partial charge in [0, 0.05) is 31.9 Å². The van der Waals surface area contributed by atoms with Crippen LogP contribution in [0.1, 0.15) is 5.56 Å². The lowest BCUT2D eigenvalue weighted by atomic mass is 10.1. The minimum absolute atomic E-state index is 0.0812. The van der Waals surface area contributed by atoms with Crippen molar-refractivity contribution in [3.05, 3.63) is 41.3 Å². The first-order valence-electron chi connectivity index (χ1n) is 10.9. The van der Waals surface area contributed by atoms with Crippen LogP contribution in [0.4, 0.5) is 21.8 Å². The summed E-state index contributed by atoms with van der Waals surface area (Å²) in [7, 11) is 6.22. The van der Waals surface area contributed by atoms with Gasteiger partial charge in [-0.15, -0.1) is 0 Å². The number of benzene rings is 1. The molecule has 2 heterocycles.